The highest BCUT2D eigenvalue weighted by atomic mass is 16.5. The number of methoxy groups -OCH3 is 1. The predicted octanol–water partition coefficient (Wildman–Crippen LogP) is 3.92. The Bertz CT molecular complexity index is 987. The molecule has 0 saturated carbocycles. The van der Waals surface area contributed by atoms with Crippen LogP contribution in [0, 0.1) is 0 Å². The number of benzene rings is 2. The Kier molecular flexibility index (Phi) is 5.10. The lowest BCUT2D eigenvalue weighted by Gasteiger charge is -2.27. The van der Waals surface area contributed by atoms with Gasteiger partial charge in [0.2, 0.25) is 5.91 Å². The van der Waals surface area contributed by atoms with Crippen molar-refractivity contribution in [1.82, 2.24) is 14.9 Å². The van der Waals surface area contributed by atoms with E-state index < -0.39 is 0 Å². The van der Waals surface area contributed by atoms with Gasteiger partial charge in [0, 0.05) is 31.1 Å². The van der Waals surface area contributed by atoms with E-state index in [1.807, 2.05) is 65.4 Å². The maximum absolute atomic E-state index is 12.2. The summed E-state index contributed by atoms with van der Waals surface area (Å²) in [7, 11) is 3.65. The van der Waals surface area contributed by atoms with E-state index in [1.165, 1.54) is 0 Å². The van der Waals surface area contributed by atoms with E-state index in [9.17, 15) is 4.79 Å². The van der Waals surface area contributed by atoms with Crippen LogP contribution in [0.2, 0.25) is 0 Å². The van der Waals surface area contributed by atoms with Gasteiger partial charge in [0.25, 0.3) is 0 Å². The first-order valence-electron chi connectivity index (χ1n) is 9.57. The van der Waals surface area contributed by atoms with Crippen molar-refractivity contribution in [3.8, 4) is 5.75 Å². The van der Waals surface area contributed by atoms with Gasteiger partial charge in [-0.15, -0.1) is 0 Å². The van der Waals surface area contributed by atoms with E-state index in [0.717, 1.165) is 47.5 Å². The molecule has 1 fully saturated rings. The van der Waals surface area contributed by atoms with Gasteiger partial charge in [-0.25, -0.2) is 9.97 Å². The molecular formula is C22H24N4O2. The number of rotatable bonds is 5. The highest BCUT2D eigenvalue weighted by Crippen LogP contribution is 2.30. The van der Waals surface area contributed by atoms with E-state index in [2.05, 4.69) is 0 Å². The monoisotopic (exact) mass is 376 g/mol. The van der Waals surface area contributed by atoms with Gasteiger partial charge in [0.05, 0.1) is 19.2 Å². The second-order valence-corrected chi connectivity index (χ2v) is 7.01. The minimum atomic E-state index is 0.188. The number of ether oxygens (including phenoxy) is 1. The zero-order chi connectivity index (χ0) is 19.5. The first kappa shape index (κ1) is 18.2. The van der Waals surface area contributed by atoms with Gasteiger partial charge in [0.15, 0.2) is 5.82 Å². The van der Waals surface area contributed by atoms with Crippen molar-refractivity contribution < 1.29 is 9.53 Å². The van der Waals surface area contributed by atoms with Crippen LogP contribution in [0.25, 0.3) is 10.9 Å². The summed E-state index contributed by atoms with van der Waals surface area (Å²) >= 11 is 0. The number of nitrogens with zero attached hydrogens (tertiary/aromatic N) is 4. The van der Waals surface area contributed by atoms with E-state index >= 15 is 0 Å². The van der Waals surface area contributed by atoms with E-state index in [-0.39, 0.29) is 5.91 Å². The molecule has 1 aliphatic heterocycles. The van der Waals surface area contributed by atoms with Crippen molar-refractivity contribution in [3.63, 3.8) is 0 Å². The summed E-state index contributed by atoms with van der Waals surface area (Å²) < 4.78 is 5.26. The number of anilines is 2. The number of hydrogen-bond acceptors (Lipinski definition) is 5. The standard InChI is InChI=1S/C22H24N4O2/c1-25(16-10-12-17(28-2)13-11-16)22-18-7-3-4-8-19(18)23-20(24-22)15-26-14-6-5-9-21(26)27/h3-4,7-8,10-13H,5-6,9,14-15H2,1-2H3. The van der Waals surface area contributed by atoms with Gasteiger partial charge in [-0.2, -0.15) is 0 Å². The topological polar surface area (TPSA) is 58.6 Å². The number of piperidine rings is 1. The number of carbonyl (C=O) groups is 1. The number of amides is 1. The van der Waals surface area contributed by atoms with Crippen LogP contribution in [-0.4, -0.2) is 41.5 Å². The molecule has 28 heavy (non-hydrogen) atoms. The van der Waals surface area contributed by atoms with Gasteiger partial charge in [-0.3, -0.25) is 4.79 Å². The van der Waals surface area contributed by atoms with Crippen LogP contribution < -0.4 is 9.64 Å². The Morgan fingerprint density at radius 2 is 1.86 bits per heavy atom. The quantitative estimate of drug-likeness (QED) is 0.675. The van der Waals surface area contributed by atoms with Gasteiger partial charge < -0.3 is 14.5 Å². The molecule has 1 saturated heterocycles. The van der Waals surface area contributed by atoms with Crippen molar-refractivity contribution >= 4 is 28.3 Å². The van der Waals surface area contributed by atoms with Gasteiger partial charge >= 0.3 is 0 Å². The molecule has 1 aromatic heterocycles. The zero-order valence-corrected chi connectivity index (χ0v) is 16.3. The third-order valence-electron chi connectivity index (χ3n) is 5.16. The lowest BCUT2D eigenvalue weighted by Crippen LogP contribution is -2.35. The molecule has 0 radical (unpaired) electrons. The molecule has 2 heterocycles. The fourth-order valence-corrected chi connectivity index (χ4v) is 3.56. The smallest absolute Gasteiger partial charge is 0.222 e. The van der Waals surface area contributed by atoms with Crippen LogP contribution in [0.15, 0.2) is 48.5 Å². The molecule has 0 N–H and O–H groups in total. The van der Waals surface area contributed by atoms with Crippen LogP contribution in [-0.2, 0) is 11.3 Å². The molecule has 4 rings (SSSR count). The average Bonchev–Trinajstić information content (AvgIpc) is 2.74. The Hall–Kier alpha value is -3.15. The van der Waals surface area contributed by atoms with Crippen molar-refractivity contribution in [3.05, 3.63) is 54.4 Å². The molecule has 2 aromatic carbocycles. The minimum absolute atomic E-state index is 0.188. The largest absolute Gasteiger partial charge is 0.497 e. The summed E-state index contributed by atoms with van der Waals surface area (Å²) in [4.78, 5) is 25.7. The maximum Gasteiger partial charge on any atom is 0.222 e. The maximum atomic E-state index is 12.2. The van der Waals surface area contributed by atoms with Gasteiger partial charge in [0.1, 0.15) is 11.6 Å². The summed E-state index contributed by atoms with van der Waals surface area (Å²) in [6.07, 6.45) is 2.63. The molecule has 144 valence electrons. The Morgan fingerprint density at radius 1 is 1.07 bits per heavy atom. The summed E-state index contributed by atoms with van der Waals surface area (Å²) in [5.74, 6) is 2.50. The second kappa shape index (κ2) is 7.84. The van der Waals surface area contributed by atoms with E-state index in [0.29, 0.717) is 18.8 Å². The Labute approximate surface area is 164 Å². The van der Waals surface area contributed by atoms with Crippen molar-refractivity contribution in [1.29, 1.82) is 0 Å². The molecular weight excluding hydrogens is 352 g/mol. The number of fused-ring (bicyclic) bond motifs is 1. The molecule has 0 unspecified atom stereocenters. The number of aromatic nitrogens is 2. The average molecular weight is 376 g/mol. The highest BCUT2D eigenvalue weighted by Gasteiger charge is 2.20. The Balaban J connectivity index is 1.72. The van der Waals surface area contributed by atoms with Crippen molar-refractivity contribution in [2.24, 2.45) is 0 Å². The molecule has 1 amide bonds. The number of carbonyl (C=O) groups excluding carboxylic acids is 1. The van der Waals surface area contributed by atoms with Crippen LogP contribution in [0.3, 0.4) is 0 Å². The number of likely N-dealkylation sites (tertiary alicyclic amines) is 1. The third kappa shape index (κ3) is 3.63. The van der Waals surface area contributed by atoms with Crippen LogP contribution in [0.1, 0.15) is 25.1 Å². The Morgan fingerprint density at radius 3 is 2.61 bits per heavy atom. The van der Waals surface area contributed by atoms with E-state index in [4.69, 9.17) is 14.7 Å². The first-order chi connectivity index (χ1) is 13.7. The number of para-hydroxylation sites is 1. The molecule has 1 aliphatic rings. The molecule has 3 aromatic rings. The molecule has 0 bridgehead atoms. The minimum Gasteiger partial charge on any atom is -0.497 e. The second-order valence-electron chi connectivity index (χ2n) is 7.01. The zero-order valence-electron chi connectivity index (χ0n) is 16.3. The molecule has 6 nitrogen and oxygen atoms in total. The fourth-order valence-electron chi connectivity index (χ4n) is 3.56. The number of hydrogen-bond donors (Lipinski definition) is 0. The molecule has 0 spiro atoms. The first-order valence-corrected chi connectivity index (χ1v) is 9.57. The summed E-state index contributed by atoms with van der Waals surface area (Å²) in [5, 5.41) is 0.981. The lowest BCUT2D eigenvalue weighted by molar-refractivity contribution is -0.134. The molecule has 0 atom stereocenters. The molecule has 6 heteroatoms. The van der Waals surface area contributed by atoms with Gasteiger partial charge in [-0.05, 0) is 49.2 Å². The summed E-state index contributed by atoms with van der Waals surface area (Å²) in [6, 6.07) is 15.9. The summed E-state index contributed by atoms with van der Waals surface area (Å²) in [5.41, 5.74) is 1.89. The van der Waals surface area contributed by atoms with E-state index in [1.54, 1.807) is 7.11 Å². The normalized spacial score (nSPS) is 14.4. The van der Waals surface area contributed by atoms with Crippen molar-refractivity contribution in [2.75, 3.05) is 25.6 Å². The van der Waals surface area contributed by atoms with Gasteiger partial charge in [-0.1, -0.05) is 12.1 Å². The van der Waals surface area contributed by atoms with Crippen LogP contribution in [0.4, 0.5) is 11.5 Å². The molecule has 0 aliphatic carbocycles. The SMILES string of the molecule is COc1ccc(N(C)c2nc(CN3CCCCC3=O)nc3ccccc23)cc1. The predicted molar refractivity (Wildman–Crippen MR) is 110 cm³/mol. The summed E-state index contributed by atoms with van der Waals surface area (Å²) in [6.45, 7) is 1.23. The van der Waals surface area contributed by atoms with Crippen molar-refractivity contribution in [2.45, 2.75) is 25.8 Å². The van der Waals surface area contributed by atoms with Crippen LogP contribution in [0.5, 0.6) is 5.75 Å². The lowest BCUT2D eigenvalue weighted by atomic mass is 10.1. The highest BCUT2D eigenvalue weighted by molar-refractivity contribution is 5.91. The fraction of sp³-hybridized carbons (Fsp3) is 0.318. The van der Waals surface area contributed by atoms with Crippen LogP contribution >= 0.6 is 0 Å². The third-order valence-corrected chi connectivity index (χ3v) is 5.16.